The Labute approximate surface area is 149 Å². The zero-order valence-electron chi connectivity index (χ0n) is 14.5. The second-order valence-electron chi connectivity index (χ2n) is 5.89. The molecule has 1 heterocycles. The lowest BCUT2D eigenvalue weighted by molar-refractivity contribution is -0.114. The van der Waals surface area contributed by atoms with Gasteiger partial charge in [0, 0.05) is 12.6 Å². The summed E-state index contributed by atoms with van der Waals surface area (Å²) in [6.07, 6.45) is 0. The summed E-state index contributed by atoms with van der Waals surface area (Å²) in [5, 5.41) is 6.79. The third kappa shape index (κ3) is 3.61. The molecule has 0 aliphatic carbocycles. The first-order chi connectivity index (χ1) is 12.5. The molecule has 2 aromatic carbocycles. The van der Waals surface area contributed by atoms with Crippen LogP contribution in [0.4, 0.5) is 5.69 Å². The van der Waals surface area contributed by atoms with E-state index in [4.69, 9.17) is 0 Å². The first-order valence-electron chi connectivity index (χ1n) is 8.08. The molecular weight excluding hydrogens is 332 g/mol. The van der Waals surface area contributed by atoms with Gasteiger partial charge in [0.25, 0.3) is 5.56 Å². The fraction of sp³-hybridized carbons (Fsp3) is 0.158. The molecule has 0 bridgehead atoms. The van der Waals surface area contributed by atoms with Crippen molar-refractivity contribution in [2.24, 2.45) is 0 Å². The number of benzene rings is 2. The van der Waals surface area contributed by atoms with E-state index in [0.717, 1.165) is 10.1 Å². The van der Waals surface area contributed by atoms with Gasteiger partial charge >= 0.3 is 5.69 Å². The first-order valence-corrected chi connectivity index (χ1v) is 8.08. The standard InChI is InChI=1S/C19H18N4O3/c1-13-18(25)22(12-15-7-4-3-5-8-15)19(26)23(21-13)17-10-6-9-16(11-17)20-14(2)24/h3-11H,12H2,1-2H3,(H,20,24). The summed E-state index contributed by atoms with van der Waals surface area (Å²) >= 11 is 0. The maximum atomic E-state index is 12.9. The minimum absolute atomic E-state index is 0.160. The van der Waals surface area contributed by atoms with Crippen LogP contribution in [0, 0.1) is 6.92 Å². The maximum absolute atomic E-state index is 12.9. The van der Waals surface area contributed by atoms with Gasteiger partial charge in [-0.2, -0.15) is 9.78 Å². The van der Waals surface area contributed by atoms with Crippen LogP contribution in [0.5, 0.6) is 0 Å². The number of carbonyl (C=O) groups excluding carboxylic acids is 1. The zero-order valence-corrected chi connectivity index (χ0v) is 14.5. The van der Waals surface area contributed by atoms with Crippen molar-refractivity contribution in [3.05, 3.63) is 86.7 Å². The molecule has 0 spiro atoms. The van der Waals surface area contributed by atoms with E-state index in [2.05, 4.69) is 10.4 Å². The Bertz CT molecular complexity index is 1070. The molecule has 0 saturated carbocycles. The van der Waals surface area contributed by atoms with Crippen molar-refractivity contribution in [2.75, 3.05) is 5.32 Å². The monoisotopic (exact) mass is 350 g/mol. The third-order valence-corrected chi connectivity index (χ3v) is 3.81. The molecule has 3 aromatic rings. The van der Waals surface area contributed by atoms with Crippen LogP contribution in [-0.2, 0) is 11.3 Å². The van der Waals surface area contributed by atoms with Crippen LogP contribution in [0.3, 0.4) is 0 Å². The summed E-state index contributed by atoms with van der Waals surface area (Å²) in [7, 11) is 0. The average Bonchev–Trinajstić information content (AvgIpc) is 2.62. The Morgan fingerprint density at radius 1 is 1.08 bits per heavy atom. The van der Waals surface area contributed by atoms with E-state index in [9.17, 15) is 14.4 Å². The lowest BCUT2D eigenvalue weighted by Crippen LogP contribution is -2.42. The lowest BCUT2D eigenvalue weighted by Gasteiger charge is -2.12. The van der Waals surface area contributed by atoms with Gasteiger partial charge in [-0.1, -0.05) is 36.4 Å². The largest absolute Gasteiger partial charge is 0.352 e. The minimum atomic E-state index is -0.538. The summed E-state index contributed by atoms with van der Waals surface area (Å²) < 4.78 is 2.33. The molecule has 1 N–H and O–H groups in total. The lowest BCUT2D eigenvalue weighted by atomic mass is 10.2. The molecule has 0 fully saturated rings. The minimum Gasteiger partial charge on any atom is -0.326 e. The van der Waals surface area contributed by atoms with Crippen LogP contribution in [0.15, 0.2) is 64.2 Å². The SMILES string of the molecule is CC(=O)Nc1cccc(-n2nc(C)c(=O)n(Cc3ccccc3)c2=O)c1. The van der Waals surface area contributed by atoms with Crippen LogP contribution in [0.25, 0.3) is 5.69 Å². The van der Waals surface area contributed by atoms with Crippen molar-refractivity contribution in [1.82, 2.24) is 14.3 Å². The Hall–Kier alpha value is -3.48. The van der Waals surface area contributed by atoms with Crippen molar-refractivity contribution >= 4 is 11.6 Å². The number of nitrogens with zero attached hydrogens (tertiary/aromatic N) is 3. The van der Waals surface area contributed by atoms with Crippen LogP contribution < -0.4 is 16.6 Å². The van der Waals surface area contributed by atoms with Crippen molar-refractivity contribution in [2.45, 2.75) is 20.4 Å². The molecule has 0 atom stereocenters. The van der Waals surface area contributed by atoms with Crippen molar-refractivity contribution in [1.29, 1.82) is 0 Å². The fourth-order valence-electron chi connectivity index (χ4n) is 2.62. The van der Waals surface area contributed by atoms with Gasteiger partial charge in [0.2, 0.25) is 5.91 Å². The van der Waals surface area contributed by atoms with Crippen LogP contribution >= 0.6 is 0 Å². The molecular formula is C19H18N4O3. The predicted molar refractivity (Wildman–Crippen MR) is 98.7 cm³/mol. The second-order valence-corrected chi connectivity index (χ2v) is 5.89. The molecule has 3 rings (SSSR count). The quantitative estimate of drug-likeness (QED) is 0.776. The number of aromatic nitrogens is 3. The highest BCUT2D eigenvalue weighted by atomic mass is 16.2. The predicted octanol–water partition coefficient (Wildman–Crippen LogP) is 1.71. The number of carbonyl (C=O) groups is 1. The molecule has 0 aliphatic heterocycles. The smallest absolute Gasteiger partial charge is 0.326 e. The van der Waals surface area contributed by atoms with Gasteiger partial charge < -0.3 is 5.32 Å². The van der Waals surface area contributed by atoms with E-state index in [0.29, 0.717) is 11.4 Å². The van der Waals surface area contributed by atoms with Gasteiger partial charge in [0.15, 0.2) is 0 Å². The van der Waals surface area contributed by atoms with Crippen molar-refractivity contribution in [3.63, 3.8) is 0 Å². The molecule has 0 unspecified atom stereocenters. The number of rotatable bonds is 4. The number of amides is 1. The second kappa shape index (κ2) is 7.18. The fourth-order valence-corrected chi connectivity index (χ4v) is 2.62. The molecule has 0 radical (unpaired) electrons. The van der Waals surface area contributed by atoms with Crippen LogP contribution in [-0.4, -0.2) is 20.3 Å². The van der Waals surface area contributed by atoms with Gasteiger partial charge in [-0.15, -0.1) is 0 Å². The van der Waals surface area contributed by atoms with Crippen LogP contribution in [0.2, 0.25) is 0 Å². The summed E-state index contributed by atoms with van der Waals surface area (Å²) in [6.45, 7) is 3.13. The van der Waals surface area contributed by atoms with E-state index >= 15 is 0 Å². The van der Waals surface area contributed by atoms with Gasteiger partial charge in [-0.25, -0.2) is 4.79 Å². The van der Waals surface area contributed by atoms with Crippen LogP contribution in [0.1, 0.15) is 18.2 Å². The summed E-state index contributed by atoms with van der Waals surface area (Å²) in [5.41, 5.74) is 1.10. The number of hydrogen-bond acceptors (Lipinski definition) is 4. The molecule has 7 heteroatoms. The highest BCUT2D eigenvalue weighted by Crippen LogP contribution is 2.12. The zero-order chi connectivity index (χ0) is 18.7. The summed E-state index contributed by atoms with van der Waals surface area (Å²) in [5.74, 6) is -0.215. The number of nitrogens with one attached hydrogen (secondary N) is 1. The molecule has 132 valence electrons. The Kier molecular flexibility index (Phi) is 4.79. The Balaban J connectivity index is 2.11. The van der Waals surface area contributed by atoms with E-state index in [-0.39, 0.29) is 18.1 Å². The molecule has 0 aliphatic rings. The first kappa shape index (κ1) is 17.3. The number of aryl methyl sites for hydroxylation is 1. The van der Waals surface area contributed by atoms with E-state index in [1.54, 1.807) is 31.2 Å². The Morgan fingerprint density at radius 2 is 1.81 bits per heavy atom. The summed E-state index contributed by atoms with van der Waals surface area (Å²) in [4.78, 5) is 36.5. The topological polar surface area (TPSA) is 86.0 Å². The summed E-state index contributed by atoms with van der Waals surface area (Å²) in [6, 6.07) is 16.0. The van der Waals surface area contributed by atoms with Gasteiger partial charge in [0.05, 0.1) is 12.2 Å². The molecule has 1 aromatic heterocycles. The highest BCUT2D eigenvalue weighted by molar-refractivity contribution is 5.88. The van der Waals surface area contributed by atoms with E-state index in [1.807, 2.05) is 30.3 Å². The third-order valence-electron chi connectivity index (χ3n) is 3.81. The van der Waals surface area contributed by atoms with Crippen molar-refractivity contribution in [3.8, 4) is 5.69 Å². The maximum Gasteiger partial charge on any atom is 0.352 e. The van der Waals surface area contributed by atoms with Gasteiger partial charge in [0.1, 0.15) is 5.69 Å². The molecule has 0 saturated heterocycles. The van der Waals surface area contributed by atoms with Gasteiger partial charge in [-0.3, -0.25) is 14.2 Å². The Morgan fingerprint density at radius 3 is 2.50 bits per heavy atom. The van der Waals surface area contributed by atoms with Crippen molar-refractivity contribution < 1.29 is 4.79 Å². The van der Waals surface area contributed by atoms with E-state index < -0.39 is 11.2 Å². The number of hydrogen-bond donors (Lipinski definition) is 1. The molecule has 26 heavy (non-hydrogen) atoms. The molecule has 7 nitrogen and oxygen atoms in total. The number of anilines is 1. The average molecular weight is 350 g/mol. The highest BCUT2D eigenvalue weighted by Gasteiger charge is 2.12. The molecule has 1 amide bonds. The van der Waals surface area contributed by atoms with Gasteiger partial charge in [-0.05, 0) is 30.7 Å². The normalized spacial score (nSPS) is 10.5. The van der Waals surface area contributed by atoms with E-state index in [1.165, 1.54) is 11.6 Å².